The number of rotatable bonds is 2. The molecule has 2 nitrogen and oxygen atoms in total. The smallest absolute Gasteiger partial charge is 0.0927 e. The van der Waals surface area contributed by atoms with E-state index < -0.39 is 0 Å². The van der Waals surface area contributed by atoms with Gasteiger partial charge in [-0.15, -0.1) is 0 Å². The summed E-state index contributed by atoms with van der Waals surface area (Å²) >= 11 is 12.4. The molecule has 4 heteroatoms. The number of nitrogens with one attached hydrogen (secondary N) is 1. The number of aryl methyl sites for hydroxylation is 1. The van der Waals surface area contributed by atoms with Crippen molar-refractivity contribution in [2.45, 2.75) is 32.6 Å². The molecule has 0 fully saturated rings. The van der Waals surface area contributed by atoms with Crippen LogP contribution < -0.4 is 5.32 Å². The Kier molecular flexibility index (Phi) is 3.55. The monoisotopic (exact) mass is 294 g/mol. The second kappa shape index (κ2) is 5.18. The average molecular weight is 295 g/mol. The van der Waals surface area contributed by atoms with Gasteiger partial charge in [-0.1, -0.05) is 23.2 Å². The third-order valence-corrected chi connectivity index (χ3v) is 4.47. The molecule has 3 rings (SSSR count). The highest BCUT2D eigenvalue weighted by molar-refractivity contribution is 6.45. The Labute approximate surface area is 123 Å². The minimum atomic E-state index is 0.562. The van der Waals surface area contributed by atoms with Crippen molar-refractivity contribution < 1.29 is 0 Å². The quantitative estimate of drug-likeness (QED) is 0.856. The number of benzene rings is 1. The molecule has 1 N–H and O–H groups in total. The van der Waals surface area contributed by atoms with E-state index in [1.54, 1.807) is 0 Å². The molecule has 0 radical (unpaired) electrons. The topological polar surface area (TPSA) is 24.9 Å². The van der Waals surface area contributed by atoms with Crippen molar-refractivity contribution >= 4 is 39.8 Å². The summed E-state index contributed by atoms with van der Waals surface area (Å²) in [5, 5.41) is 5.70. The largest absolute Gasteiger partial charge is 0.384 e. The van der Waals surface area contributed by atoms with E-state index in [-0.39, 0.29) is 0 Å². The molecule has 19 heavy (non-hydrogen) atoms. The first-order valence-corrected chi connectivity index (χ1v) is 7.51. The van der Waals surface area contributed by atoms with E-state index in [0.717, 1.165) is 30.3 Å². The molecular weight excluding hydrogens is 279 g/mol. The standard InChI is InChI=1S/C15H16Cl2N2/c1-2-18-14-9-5-3-4-6-12(9)19-15-10(14)7-8-11(16)13(15)17/h7-8H,2-6H2,1H3,(H,18,19). The second-order valence-electron chi connectivity index (χ2n) is 4.91. The van der Waals surface area contributed by atoms with E-state index in [9.17, 15) is 0 Å². The van der Waals surface area contributed by atoms with E-state index in [0.29, 0.717) is 10.0 Å². The summed E-state index contributed by atoms with van der Waals surface area (Å²) in [5.74, 6) is 0. The van der Waals surface area contributed by atoms with Crippen molar-refractivity contribution in [2.24, 2.45) is 0 Å². The molecule has 0 unspecified atom stereocenters. The highest BCUT2D eigenvalue weighted by Gasteiger charge is 2.19. The molecule has 0 saturated carbocycles. The van der Waals surface area contributed by atoms with E-state index >= 15 is 0 Å². The van der Waals surface area contributed by atoms with Gasteiger partial charge in [0.25, 0.3) is 0 Å². The molecular formula is C15H16Cl2N2. The predicted octanol–water partition coefficient (Wildman–Crippen LogP) is 4.85. The van der Waals surface area contributed by atoms with Crippen molar-refractivity contribution in [2.75, 3.05) is 11.9 Å². The molecule has 1 heterocycles. The number of nitrogens with zero attached hydrogens (tertiary/aromatic N) is 1. The van der Waals surface area contributed by atoms with Crippen LogP contribution in [0.15, 0.2) is 12.1 Å². The van der Waals surface area contributed by atoms with Crippen LogP contribution in [0.3, 0.4) is 0 Å². The molecule has 0 atom stereocenters. The fourth-order valence-corrected chi connectivity index (χ4v) is 3.17. The molecule has 1 aliphatic carbocycles. The Morgan fingerprint density at radius 3 is 2.79 bits per heavy atom. The van der Waals surface area contributed by atoms with E-state index in [2.05, 4.69) is 12.2 Å². The lowest BCUT2D eigenvalue weighted by molar-refractivity contribution is 0.672. The van der Waals surface area contributed by atoms with Gasteiger partial charge in [0, 0.05) is 23.3 Å². The van der Waals surface area contributed by atoms with Gasteiger partial charge in [0.15, 0.2) is 0 Å². The molecule has 0 amide bonds. The molecule has 2 aromatic rings. The van der Waals surface area contributed by atoms with Gasteiger partial charge in [0.2, 0.25) is 0 Å². The van der Waals surface area contributed by atoms with Gasteiger partial charge in [-0.05, 0) is 50.3 Å². The van der Waals surface area contributed by atoms with Gasteiger partial charge in [-0.3, -0.25) is 4.98 Å². The minimum absolute atomic E-state index is 0.562. The van der Waals surface area contributed by atoms with Crippen LogP contribution in [-0.2, 0) is 12.8 Å². The Balaban J connectivity index is 2.35. The van der Waals surface area contributed by atoms with Crippen LogP contribution in [0.25, 0.3) is 10.9 Å². The SMILES string of the molecule is CCNc1c2c(nc3c(Cl)c(Cl)ccc13)CCCC2. The molecule has 0 saturated heterocycles. The van der Waals surface area contributed by atoms with Crippen molar-refractivity contribution in [3.05, 3.63) is 33.4 Å². The summed E-state index contributed by atoms with van der Waals surface area (Å²) in [5.41, 5.74) is 4.56. The summed E-state index contributed by atoms with van der Waals surface area (Å²) < 4.78 is 0. The van der Waals surface area contributed by atoms with E-state index in [1.165, 1.54) is 29.8 Å². The Morgan fingerprint density at radius 2 is 2.00 bits per heavy atom. The minimum Gasteiger partial charge on any atom is -0.384 e. The first-order chi connectivity index (χ1) is 9.22. The molecule has 0 aliphatic heterocycles. The van der Waals surface area contributed by atoms with Crippen LogP contribution in [0.4, 0.5) is 5.69 Å². The first-order valence-electron chi connectivity index (χ1n) is 6.75. The Hall–Kier alpha value is -0.990. The average Bonchev–Trinajstić information content (AvgIpc) is 2.43. The zero-order valence-electron chi connectivity index (χ0n) is 10.9. The Morgan fingerprint density at radius 1 is 1.21 bits per heavy atom. The molecule has 1 aromatic heterocycles. The summed E-state index contributed by atoms with van der Waals surface area (Å²) in [6.45, 7) is 3.00. The normalized spacial score (nSPS) is 14.5. The van der Waals surface area contributed by atoms with Gasteiger partial charge in [-0.25, -0.2) is 0 Å². The molecule has 0 bridgehead atoms. The number of anilines is 1. The maximum Gasteiger partial charge on any atom is 0.0927 e. The van der Waals surface area contributed by atoms with Gasteiger partial charge in [-0.2, -0.15) is 0 Å². The number of halogens is 2. The number of pyridine rings is 1. The van der Waals surface area contributed by atoms with Crippen LogP contribution in [0.1, 0.15) is 31.0 Å². The molecule has 1 aromatic carbocycles. The zero-order valence-corrected chi connectivity index (χ0v) is 12.4. The first kappa shape index (κ1) is 13.0. The van der Waals surface area contributed by atoms with Crippen LogP contribution in [0.5, 0.6) is 0 Å². The lowest BCUT2D eigenvalue weighted by Gasteiger charge is -2.21. The highest BCUT2D eigenvalue weighted by atomic mass is 35.5. The van der Waals surface area contributed by atoms with Crippen LogP contribution in [0.2, 0.25) is 10.0 Å². The lowest BCUT2D eigenvalue weighted by atomic mass is 9.92. The summed E-state index contributed by atoms with van der Waals surface area (Å²) in [4.78, 5) is 4.76. The fourth-order valence-electron chi connectivity index (χ4n) is 2.81. The molecule has 100 valence electrons. The van der Waals surface area contributed by atoms with Gasteiger partial charge in [0.1, 0.15) is 0 Å². The molecule has 1 aliphatic rings. The fraction of sp³-hybridized carbons (Fsp3) is 0.400. The maximum absolute atomic E-state index is 6.32. The van der Waals surface area contributed by atoms with Crippen molar-refractivity contribution in [1.29, 1.82) is 0 Å². The van der Waals surface area contributed by atoms with Crippen molar-refractivity contribution in [3.8, 4) is 0 Å². The van der Waals surface area contributed by atoms with E-state index in [1.807, 2.05) is 12.1 Å². The van der Waals surface area contributed by atoms with E-state index in [4.69, 9.17) is 28.2 Å². The number of aromatic nitrogens is 1. The third kappa shape index (κ3) is 2.17. The summed E-state index contributed by atoms with van der Waals surface area (Å²) in [6.07, 6.45) is 4.57. The summed E-state index contributed by atoms with van der Waals surface area (Å²) in [6, 6.07) is 3.87. The van der Waals surface area contributed by atoms with Gasteiger partial charge < -0.3 is 5.32 Å². The second-order valence-corrected chi connectivity index (χ2v) is 5.69. The van der Waals surface area contributed by atoms with Crippen LogP contribution >= 0.6 is 23.2 Å². The van der Waals surface area contributed by atoms with Crippen molar-refractivity contribution in [3.63, 3.8) is 0 Å². The van der Waals surface area contributed by atoms with Crippen molar-refractivity contribution in [1.82, 2.24) is 4.98 Å². The number of hydrogen-bond donors (Lipinski definition) is 1. The zero-order chi connectivity index (χ0) is 13.4. The molecule has 0 spiro atoms. The Bertz CT molecular complexity index is 638. The number of fused-ring (bicyclic) bond motifs is 2. The maximum atomic E-state index is 6.32. The van der Waals surface area contributed by atoms with Crippen LogP contribution in [-0.4, -0.2) is 11.5 Å². The predicted molar refractivity (Wildman–Crippen MR) is 82.6 cm³/mol. The number of hydrogen-bond acceptors (Lipinski definition) is 2. The summed E-state index contributed by atoms with van der Waals surface area (Å²) in [7, 11) is 0. The third-order valence-electron chi connectivity index (χ3n) is 3.68. The lowest BCUT2D eigenvalue weighted by Crippen LogP contribution is -2.11. The van der Waals surface area contributed by atoms with Crippen LogP contribution in [0, 0.1) is 0 Å². The van der Waals surface area contributed by atoms with Gasteiger partial charge in [0.05, 0.1) is 15.6 Å². The highest BCUT2D eigenvalue weighted by Crippen LogP contribution is 2.38. The van der Waals surface area contributed by atoms with Gasteiger partial charge >= 0.3 is 0 Å².